The first-order valence-electron chi connectivity index (χ1n) is 7.36. The van der Waals surface area contributed by atoms with E-state index in [1.807, 2.05) is 25.1 Å². The summed E-state index contributed by atoms with van der Waals surface area (Å²) in [6, 6.07) is 5.60. The molecule has 0 radical (unpaired) electrons. The first-order chi connectivity index (χ1) is 10.1. The van der Waals surface area contributed by atoms with E-state index < -0.39 is 0 Å². The van der Waals surface area contributed by atoms with Gasteiger partial charge in [-0.3, -0.25) is 4.79 Å². The van der Waals surface area contributed by atoms with Crippen molar-refractivity contribution < 1.29 is 14.3 Å². The summed E-state index contributed by atoms with van der Waals surface area (Å²) < 4.78 is 10.5. The molecule has 0 heterocycles. The zero-order chi connectivity index (χ0) is 15.2. The van der Waals surface area contributed by atoms with Crippen LogP contribution in [0, 0.1) is 5.92 Å². The van der Waals surface area contributed by atoms with Gasteiger partial charge in [0.1, 0.15) is 0 Å². The van der Waals surface area contributed by atoms with Crippen LogP contribution in [0.2, 0.25) is 0 Å². The quantitative estimate of drug-likeness (QED) is 0.768. The van der Waals surface area contributed by atoms with Crippen LogP contribution in [0.5, 0.6) is 11.5 Å². The first-order valence-corrected chi connectivity index (χ1v) is 7.36. The Morgan fingerprint density at radius 1 is 1.29 bits per heavy atom. The Kier molecular flexibility index (Phi) is 5.44. The second kappa shape index (κ2) is 7.31. The number of hydrogen-bond donors (Lipinski definition) is 2. The van der Waals surface area contributed by atoms with Crippen molar-refractivity contribution in [1.29, 1.82) is 0 Å². The van der Waals surface area contributed by atoms with Crippen LogP contribution in [0.1, 0.15) is 31.4 Å². The Balaban J connectivity index is 1.86. The number of ether oxygens (including phenoxy) is 2. The molecular formula is C16H24N2O3. The van der Waals surface area contributed by atoms with Crippen molar-refractivity contribution in [1.82, 2.24) is 10.6 Å². The van der Waals surface area contributed by atoms with Gasteiger partial charge in [0.05, 0.1) is 26.8 Å². The van der Waals surface area contributed by atoms with Gasteiger partial charge in [-0.15, -0.1) is 0 Å². The third-order valence-corrected chi connectivity index (χ3v) is 3.70. The van der Waals surface area contributed by atoms with Crippen LogP contribution >= 0.6 is 0 Å². The third kappa shape index (κ3) is 4.63. The molecule has 0 saturated heterocycles. The molecule has 1 atom stereocenters. The summed E-state index contributed by atoms with van der Waals surface area (Å²) in [5.74, 6) is 2.15. The third-order valence-electron chi connectivity index (χ3n) is 3.70. The summed E-state index contributed by atoms with van der Waals surface area (Å²) in [6.07, 6.45) is 2.58. The number of nitrogens with one attached hydrogen (secondary N) is 2. The molecule has 0 aliphatic heterocycles. The molecule has 1 fully saturated rings. The molecule has 21 heavy (non-hydrogen) atoms. The molecule has 1 amide bonds. The van der Waals surface area contributed by atoms with Crippen LogP contribution in [0.3, 0.4) is 0 Å². The number of amides is 1. The molecule has 0 aromatic heterocycles. The lowest BCUT2D eigenvalue weighted by molar-refractivity contribution is -0.120. The predicted molar refractivity (Wildman–Crippen MR) is 81.7 cm³/mol. The van der Waals surface area contributed by atoms with Crippen LogP contribution in [0.25, 0.3) is 0 Å². The fraction of sp³-hybridized carbons (Fsp3) is 0.562. The van der Waals surface area contributed by atoms with Crippen molar-refractivity contribution in [2.45, 2.75) is 25.8 Å². The maximum atomic E-state index is 11.9. The molecule has 1 aliphatic rings. The highest BCUT2D eigenvalue weighted by Crippen LogP contribution is 2.30. The van der Waals surface area contributed by atoms with E-state index in [9.17, 15) is 4.79 Å². The molecule has 1 saturated carbocycles. The summed E-state index contributed by atoms with van der Waals surface area (Å²) >= 11 is 0. The van der Waals surface area contributed by atoms with Gasteiger partial charge < -0.3 is 20.1 Å². The van der Waals surface area contributed by atoms with E-state index in [-0.39, 0.29) is 11.9 Å². The van der Waals surface area contributed by atoms with Crippen molar-refractivity contribution >= 4 is 5.91 Å². The van der Waals surface area contributed by atoms with Crippen LogP contribution in [-0.4, -0.2) is 33.2 Å². The Bertz CT molecular complexity index is 486. The summed E-state index contributed by atoms with van der Waals surface area (Å²) in [5, 5.41) is 6.17. The van der Waals surface area contributed by atoms with E-state index in [0.717, 1.165) is 18.0 Å². The highest BCUT2D eigenvalue weighted by molar-refractivity contribution is 5.78. The van der Waals surface area contributed by atoms with Crippen LogP contribution in [0.15, 0.2) is 18.2 Å². The highest BCUT2D eigenvalue weighted by atomic mass is 16.5. The van der Waals surface area contributed by atoms with E-state index in [2.05, 4.69) is 10.6 Å². The summed E-state index contributed by atoms with van der Waals surface area (Å²) in [4.78, 5) is 11.9. The normalized spacial score (nSPS) is 15.4. The zero-order valence-corrected chi connectivity index (χ0v) is 12.9. The summed E-state index contributed by atoms with van der Waals surface area (Å²) in [6.45, 7) is 3.27. The fourth-order valence-corrected chi connectivity index (χ4v) is 2.21. The van der Waals surface area contributed by atoms with Gasteiger partial charge in [-0.1, -0.05) is 6.07 Å². The monoisotopic (exact) mass is 292 g/mol. The van der Waals surface area contributed by atoms with E-state index in [1.165, 1.54) is 12.8 Å². The van der Waals surface area contributed by atoms with Crippen molar-refractivity contribution in [3.8, 4) is 11.5 Å². The van der Waals surface area contributed by atoms with Crippen LogP contribution in [0.4, 0.5) is 0 Å². The zero-order valence-electron chi connectivity index (χ0n) is 12.9. The Hall–Kier alpha value is -1.75. The number of carbonyl (C=O) groups is 1. The van der Waals surface area contributed by atoms with Gasteiger partial charge in [0, 0.05) is 0 Å². The molecule has 1 unspecified atom stereocenters. The molecule has 1 aliphatic carbocycles. The Morgan fingerprint density at radius 2 is 2.00 bits per heavy atom. The molecular weight excluding hydrogens is 268 g/mol. The second-order valence-corrected chi connectivity index (χ2v) is 5.48. The molecule has 1 aromatic carbocycles. The summed E-state index contributed by atoms with van der Waals surface area (Å²) in [7, 11) is 3.21. The van der Waals surface area contributed by atoms with E-state index >= 15 is 0 Å². The second-order valence-electron chi connectivity index (χ2n) is 5.48. The minimum atomic E-state index is -0.0694. The smallest absolute Gasteiger partial charge is 0.234 e. The largest absolute Gasteiger partial charge is 0.493 e. The Morgan fingerprint density at radius 3 is 2.62 bits per heavy atom. The number of benzene rings is 1. The van der Waals surface area contributed by atoms with Gasteiger partial charge in [0.25, 0.3) is 0 Å². The van der Waals surface area contributed by atoms with Gasteiger partial charge in [-0.25, -0.2) is 0 Å². The van der Waals surface area contributed by atoms with E-state index in [1.54, 1.807) is 14.2 Å². The molecule has 1 aromatic rings. The first kappa shape index (κ1) is 15.6. The molecule has 0 spiro atoms. The maximum absolute atomic E-state index is 11.9. The number of hydrogen-bond acceptors (Lipinski definition) is 4. The molecule has 116 valence electrons. The minimum absolute atomic E-state index is 0.0120. The lowest BCUT2D eigenvalue weighted by Crippen LogP contribution is -2.36. The lowest BCUT2D eigenvalue weighted by atomic mass is 10.1. The standard InChI is InChI=1S/C16H24N2O3/c1-11(18-16(19)10-17-9-12-4-5-12)13-6-7-14(20-2)15(8-13)21-3/h6-8,11-12,17H,4-5,9-10H2,1-3H3,(H,18,19). The molecule has 2 N–H and O–H groups in total. The van der Waals surface area contributed by atoms with Crippen LogP contribution in [-0.2, 0) is 4.79 Å². The molecule has 5 nitrogen and oxygen atoms in total. The number of methoxy groups -OCH3 is 2. The molecule has 5 heteroatoms. The predicted octanol–water partition coefficient (Wildman–Crippen LogP) is 1.88. The van der Waals surface area contributed by atoms with Crippen molar-refractivity contribution in [2.24, 2.45) is 5.92 Å². The van der Waals surface area contributed by atoms with Crippen molar-refractivity contribution in [2.75, 3.05) is 27.3 Å². The van der Waals surface area contributed by atoms with Crippen molar-refractivity contribution in [3.05, 3.63) is 23.8 Å². The average Bonchev–Trinajstić information content (AvgIpc) is 3.30. The minimum Gasteiger partial charge on any atom is -0.493 e. The van der Waals surface area contributed by atoms with Gasteiger partial charge in [0.15, 0.2) is 11.5 Å². The topological polar surface area (TPSA) is 59.6 Å². The van der Waals surface area contributed by atoms with Crippen LogP contribution < -0.4 is 20.1 Å². The molecule has 0 bridgehead atoms. The average molecular weight is 292 g/mol. The SMILES string of the molecule is COc1ccc(C(C)NC(=O)CNCC2CC2)cc1OC. The number of carbonyl (C=O) groups excluding carboxylic acids is 1. The maximum Gasteiger partial charge on any atom is 0.234 e. The van der Waals surface area contributed by atoms with Gasteiger partial charge >= 0.3 is 0 Å². The summed E-state index contributed by atoms with van der Waals surface area (Å²) in [5.41, 5.74) is 0.989. The number of rotatable bonds is 8. The van der Waals surface area contributed by atoms with E-state index in [0.29, 0.717) is 18.0 Å². The van der Waals surface area contributed by atoms with Crippen molar-refractivity contribution in [3.63, 3.8) is 0 Å². The van der Waals surface area contributed by atoms with Gasteiger partial charge in [-0.2, -0.15) is 0 Å². The van der Waals surface area contributed by atoms with E-state index in [4.69, 9.17) is 9.47 Å². The molecule has 2 rings (SSSR count). The fourth-order valence-electron chi connectivity index (χ4n) is 2.21. The lowest BCUT2D eigenvalue weighted by Gasteiger charge is -2.16. The highest BCUT2D eigenvalue weighted by Gasteiger charge is 2.20. The van der Waals surface area contributed by atoms with Gasteiger partial charge in [-0.05, 0) is 49.9 Å². The van der Waals surface area contributed by atoms with Gasteiger partial charge in [0.2, 0.25) is 5.91 Å². The Labute approximate surface area is 126 Å².